The summed E-state index contributed by atoms with van der Waals surface area (Å²) in [7, 11) is 0. The number of nitrogens with zero attached hydrogens (tertiary/aromatic N) is 6. The van der Waals surface area contributed by atoms with Gasteiger partial charge in [0, 0.05) is 69.0 Å². The van der Waals surface area contributed by atoms with Crippen molar-refractivity contribution >= 4 is 23.3 Å². The smallest absolute Gasteiger partial charge is 0.236 e. The molecule has 3 heterocycles. The van der Waals surface area contributed by atoms with E-state index in [4.69, 9.17) is 11.6 Å². The third-order valence-corrected chi connectivity index (χ3v) is 7.31. The molecule has 1 amide bonds. The zero-order valence-corrected chi connectivity index (χ0v) is 19.3. The lowest BCUT2D eigenvalue weighted by Crippen LogP contribution is -2.56. The molecular weight excluding hydrogens is 424 g/mol. The van der Waals surface area contributed by atoms with E-state index < -0.39 is 0 Å². The van der Waals surface area contributed by atoms with Gasteiger partial charge in [-0.15, -0.1) is 0 Å². The van der Waals surface area contributed by atoms with Crippen molar-refractivity contribution in [2.45, 2.75) is 25.3 Å². The van der Waals surface area contributed by atoms with Crippen molar-refractivity contribution < 1.29 is 4.79 Å². The average Bonchev–Trinajstić information content (AvgIpc) is 2.79. The third kappa shape index (κ3) is 4.90. The first-order valence-electron chi connectivity index (χ1n) is 11.7. The maximum absolute atomic E-state index is 12.8. The number of hydrogen-bond acceptors (Lipinski definition) is 6. The monoisotopic (exact) mass is 454 g/mol. The number of aromatic nitrogens is 2. The number of piperazine rings is 2. The largest absolute Gasteiger partial charge is 0.353 e. The van der Waals surface area contributed by atoms with Crippen molar-refractivity contribution in [3.63, 3.8) is 0 Å². The van der Waals surface area contributed by atoms with Crippen LogP contribution in [0.4, 0.5) is 5.82 Å². The molecule has 1 aromatic carbocycles. The minimum absolute atomic E-state index is 0.275. The fraction of sp³-hybridized carbons (Fsp3) is 0.542. The Kier molecular flexibility index (Phi) is 6.57. The van der Waals surface area contributed by atoms with Crippen molar-refractivity contribution in [1.29, 1.82) is 0 Å². The maximum Gasteiger partial charge on any atom is 0.236 e. The Bertz CT molecular complexity index is 918. The number of rotatable bonds is 5. The SMILES string of the molecule is O=C(CN1CCN(c2cnc(-c3cccc(Cl)c3)cn2)CC1)N1CCN(C2CCC2)CC1. The molecule has 0 bridgehead atoms. The van der Waals surface area contributed by atoms with Gasteiger partial charge in [0.05, 0.1) is 24.6 Å². The van der Waals surface area contributed by atoms with Gasteiger partial charge in [0.1, 0.15) is 5.82 Å². The van der Waals surface area contributed by atoms with Crippen molar-refractivity contribution in [2.75, 3.05) is 63.8 Å². The number of carbonyl (C=O) groups is 1. The minimum Gasteiger partial charge on any atom is -0.353 e. The minimum atomic E-state index is 0.275. The summed E-state index contributed by atoms with van der Waals surface area (Å²) in [6.07, 6.45) is 7.68. The average molecular weight is 455 g/mol. The van der Waals surface area contributed by atoms with Gasteiger partial charge in [0.2, 0.25) is 5.91 Å². The van der Waals surface area contributed by atoms with E-state index in [1.807, 2.05) is 30.5 Å². The lowest BCUT2D eigenvalue weighted by molar-refractivity contribution is -0.134. The first kappa shape index (κ1) is 21.6. The zero-order chi connectivity index (χ0) is 21.9. The highest BCUT2D eigenvalue weighted by Gasteiger charge is 2.30. The highest BCUT2D eigenvalue weighted by molar-refractivity contribution is 6.30. The van der Waals surface area contributed by atoms with Gasteiger partial charge in [0.25, 0.3) is 0 Å². The van der Waals surface area contributed by atoms with E-state index in [0.717, 1.165) is 75.5 Å². The van der Waals surface area contributed by atoms with Crippen LogP contribution in [0.15, 0.2) is 36.7 Å². The molecule has 0 atom stereocenters. The van der Waals surface area contributed by atoms with Crippen molar-refractivity contribution in [3.8, 4) is 11.3 Å². The van der Waals surface area contributed by atoms with E-state index >= 15 is 0 Å². The first-order chi connectivity index (χ1) is 15.7. The number of carbonyl (C=O) groups excluding carboxylic acids is 1. The van der Waals surface area contributed by atoms with Crippen molar-refractivity contribution in [2.24, 2.45) is 0 Å². The Hall–Kier alpha value is -2.22. The van der Waals surface area contributed by atoms with Gasteiger partial charge in [-0.2, -0.15) is 0 Å². The number of amides is 1. The van der Waals surface area contributed by atoms with Crippen LogP contribution in [0, 0.1) is 0 Å². The molecule has 1 aliphatic carbocycles. The zero-order valence-electron chi connectivity index (χ0n) is 18.5. The van der Waals surface area contributed by atoms with Crippen LogP contribution >= 0.6 is 11.6 Å². The summed E-state index contributed by atoms with van der Waals surface area (Å²) in [5.74, 6) is 1.16. The van der Waals surface area contributed by atoms with Crippen LogP contribution in [0.3, 0.4) is 0 Å². The van der Waals surface area contributed by atoms with Crippen LogP contribution in [-0.2, 0) is 4.79 Å². The molecule has 0 N–H and O–H groups in total. The molecule has 170 valence electrons. The molecule has 1 saturated carbocycles. The van der Waals surface area contributed by atoms with Gasteiger partial charge in [-0.3, -0.25) is 19.6 Å². The molecule has 5 rings (SSSR count). The van der Waals surface area contributed by atoms with Gasteiger partial charge in [-0.05, 0) is 25.0 Å². The summed E-state index contributed by atoms with van der Waals surface area (Å²) in [4.78, 5) is 31.1. The van der Waals surface area contributed by atoms with E-state index in [2.05, 4.69) is 29.6 Å². The maximum atomic E-state index is 12.8. The normalized spacial score (nSPS) is 20.9. The summed E-state index contributed by atoms with van der Waals surface area (Å²) in [5.41, 5.74) is 1.78. The molecular formula is C24H31ClN6O. The van der Waals surface area contributed by atoms with Gasteiger partial charge in [-0.25, -0.2) is 4.98 Å². The first-order valence-corrected chi connectivity index (χ1v) is 12.1. The standard InChI is InChI=1S/C24H31ClN6O/c25-20-4-1-3-19(15-20)22-16-27-23(17-26-22)30-9-7-28(8-10-30)18-24(32)31-13-11-29(12-14-31)21-5-2-6-21/h1,3-4,15-17,21H,2,5-14,18H2. The molecule has 3 aliphatic rings. The van der Waals surface area contributed by atoms with Crippen LogP contribution < -0.4 is 4.90 Å². The van der Waals surface area contributed by atoms with E-state index in [1.165, 1.54) is 19.3 Å². The van der Waals surface area contributed by atoms with Crippen LogP contribution in [-0.4, -0.2) is 95.5 Å². The van der Waals surface area contributed by atoms with Crippen LogP contribution in [0.5, 0.6) is 0 Å². The van der Waals surface area contributed by atoms with Gasteiger partial charge >= 0.3 is 0 Å². The summed E-state index contributed by atoms with van der Waals surface area (Å²) < 4.78 is 0. The molecule has 7 nitrogen and oxygen atoms in total. The third-order valence-electron chi connectivity index (χ3n) is 7.07. The molecule has 0 unspecified atom stereocenters. The fourth-order valence-electron chi connectivity index (χ4n) is 4.80. The van der Waals surface area contributed by atoms with Crippen LogP contribution in [0.1, 0.15) is 19.3 Å². The predicted octanol–water partition coefficient (Wildman–Crippen LogP) is 2.62. The molecule has 0 radical (unpaired) electrons. The fourth-order valence-corrected chi connectivity index (χ4v) is 4.99. The quantitative estimate of drug-likeness (QED) is 0.692. The summed E-state index contributed by atoms with van der Waals surface area (Å²) in [5, 5.41) is 0.694. The second-order valence-electron chi connectivity index (χ2n) is 9.03. The summed E-state index contributed by atoms with van der Waals surface area (Å²) in [6.45, 7) is 7.80. The molecule has 32 heavy (non-hydrogen) atoms. The number of anilines is 1. The second-order valence-corrected chi connectivity index (χ2v) is 9.47. The lowest BCUT2D eigenvalue weighted by Gasteiger charge is -2.43. The van der Waals surface area contributed by atoms with E-state index in [0.29, 0.717) is 11.6 Å². The predicted molar refractivity (Wildman–Crippen MR) is 127 cm³/mol. The lowest BCUT2D eigenvalue weighted by atomic mass is 9.91. The Balaban J connectivity index is 1.08. The Labute approximate surface area is 195 Å². The van der Waals surface area contributed by atoms with Gasteiger partial charge < -0.3 is 9.80 Å². The van der Waals surface area contributed by atoms with Gasteiger partial charge in [0.15, 0.2) is 0 Å². The Morgan fingerprint density at radius 2 is 1.75 bits per heavy atom. The number of hydrogen-bond donors (Lipinski definition) is 0. The van der Waals surface area contributed by atoms with Crippen molar-refractivity contribution in [1.82, 2.24) is 24.7 Å². The molecule has 2 aromatic rings. The number of benzene rings is 1. The molecule has 2 saturated heterocycles. The highest BCUT2D eigenvalue weighted by atomic mass is 35.5. The molecule has 2 aliphatic heterocycles. The number of halogens is 1. The topological polar surface area (TPSA) is 55.8 Å². The van der Waals surface area contributed by atoms with Gasteiger partial charge in [-0.1, -0.05) is 30.2 Å². The molecule has 1 aromatic heterocycles. The Morgan fingerprint density at radius 3 is 2.38 bits per heavy atom. The highest BCUT2D eigenvalue weighted by Crippen LogP contribution is 2.25. The van der Waals surface area contributed by atoms with E-state index in [9.17, 15) is 4.79 Å². The Morgan fingerprint density at radius 1 is 0.969 bits per heavy atom. The molecule has 3 fully saturated rings. The van der Waals surface area contributed by atoms with E-state index in [-0.39, 0.29) is 5.91 Å². The molecule has 0 spiro atoms. The summed E-state index contributed by atoms with van der Waals surface area (Å²) in [6, 6.07) is 8.43. The molecule has 8 heteroatoms. The summed E-state index contributed by atoms with van der Waals surface area (Å²) >= 11 is 6.08. The second kappa shape index (κ2) is 9.73. The van der Waals surface area contributed by atoms with Crippen molar-refractivity contribution in [3.05, 3.63) is 41.7 Å². The van der Waals surface area contributed by atoms with Crippen LogP contribution in [0.25, 0.3) is 11.3 Å². The van der Waals surface area contributed by atoms with E-state index in [1.54, 1.807) is 6.20 Å². The van der Waals surface area contributed by atoms with Crippen LogP contribution in [0.2, 0.25) is 5.02 Å².